The summed E-state index contributed by atoms with van der Waals surface area (Å²) < 4.78 is 29.7. The molecule has 0 spiro atoms. The fourth-order valence-corrected chi connectivity index (χ4v) is 2.72. The summed E-state index contributed by atoms with van der Waals surface area (Å²) in [6, 6.07) is 13.2. The van der Waals surface area contributed by atoms with Crippen LogP contribution in [0.2, 0.25) is 0 Å². The highest BCUT2D eigenvalue weighted by molar-refractivity contribution is 8.01. The molecule has 0 amide bonds. The van der Waals surface area contributed by atoms with Crippen molar-refractivity contribution in [1.29, 1.82) is 0 Å². The first-order valence-corrected chi connectivity index (χ1v) is 6.98. The number of hydrogen-bond acceptors (Lipinski definition) is 3. The van der Waals surface area contributed by atoms with Gasteiger partial charge in [-0.3, -0.25) is 9.20 Å². The van der Waals surface area contributed by atoms with Crippen molar-refractivity contribution in [3.63, 3.8) is 0 Å². The monoisotopic (exact) mass is 304 g/mol. The molecular weight excluding hydrogens is 294 g/mol. The van der Waals surface area contributed by atoms with Gasteiger partial charge in [0.25, 0.3) is 5.78 Å². The van der Waals surface area contributed by atoms with Crippen LogP contribution in [0.5, 0.6) is 0 Å². The molecule has 6 heteroatoms. The number of ketones is 1. The molecule has 0 atom stereocenters. The van der Waals surface area contributed by atoms with Crippen molar-refractivity contribution in [2.75, 3.05) is 0 Å². The van der Waals surface area contributed by atoms with Gasteiger partial charge in [0.15, 0.2) is 0 Å². The zero-order valence-electron chi connectivity index (χ0n) is 10.7. The number of thioether (sulfide) groups is 1. The highest BCUT2D eigenvalue weighted by Gasteiger charge is 2.42. The molecule has 0 aliphatic rings. The summed E-state index contributed by atoms with van der Waals surface area (Å²) in [5, 5.41) is -3.55. The smallest absolute Gasteiger partial charge is 0.297 e. The number of alkyl halides is 2. The van der Waals surface area contributed by atoms with Gasteiger partial charge in [0, 0.05) is 11.1 Å². The minimum absolute atomic E-state index is 0.126. The highest BCUT2D eigenvalue weighted by atomic mass is 32.2. The molecule has 0 bridgehead atoms. The van der Waals surface area contributed by atoms with E-state index < -0.39 is 11.0 Å². The summed E-state index contributed by atoms with van der Waals surface area (Å²) in [5.41, 5.74) is 0.334. The van der Waals surface area contributed by atoms with Crippen molar-refractivity contribution in [3.05, 3.63) is 66.6 Å². The number of rotatable bonds is 4. The number of imidazole rings is 1. The Morgan fingerprint density at radius 3 is 2.57 bits per heavy atom. The third-order valence-electron chi connectivity index (χ3n) is 2.90. The van der Waals surface area contributed by atoms with Crippen molar-refractivity contribution in [2.45, 2.75) is 10.2 Å². The van der Waals surface area contributed by atoms with Crippen LogP contribution >= 0.6 is 11.8 Å². The Morgan fingerprint density at radius 2 is 1.81 bits per heavy atom. The number of nitrogens with zero attached hydrogens (tertiary/aromatic N) is 2. The van der Waals surface area contributed by atoms with E-state index in [-0.39, 0.29) is 17.5 Å². The Morgan fingerprint density at radius 1 is 1.10 bits per heavy atom. The molecule has 1 aromatic carbocycles. The Balaban J connectivity index is 1.93. The summed E-state index contributed by atoms with van der Waals surface area (Å²) in [4.78, 5) is 16.4. The predicted octanol–water partition coefficient (Wildman–Crippen LogP) is 3.90. The number of hydrogen-bond donors (Lipinski definition) is 0. The first-order valence-electron chi connectivity index (χ1n) is 6.17. The van der Waals surface area contributed by atoms with Crippen LogP contribution in [0.25, 0.3) is 5.65 Å². The normalized spacial score (nSPS) is 11.7. The average Bonchev–Trinajstić information content (AvgIpc) is 2.91. The maximum atomic E-state index is 14.2. The third-order valence-corrected chi connectivity index (χ3v) is 3.85. The second-order valence-electron chi connectivity index (χ2n) is 4.33. The molecule has 2 aromatic heterocycles. The molecular formula is C15H10F2N2OS. The van der Waals surface area contributed by atoms with Crippen molar-refractivity contribution in [2.24, 2.45) is 0 Å². The van der Waals surface area contributed by atoms with Gasteiger partial charge in [0.2, 0.25) is 0 Å². The van der Waals surface area contributed by atoms with Crippen LogP contribution in [0, 0.1) is 0 Å². The maximum Gasteiger partial charge on any atom is 0.361 e. The topological polar surface area (TPSA) is 34.4 Å². The summed E-state index contributed by atoms with van der Waals surface area (Å²) in [5.74, 6) is -1.25. The Kier molecular flexibility index (Phi) is 3.47. The number of pyridine rings is 1. The lowest BCUT2D eigenvalue weighted by Gasteiger charge is -2.13. The van der Waals surface area contributed by atoms with Gasteiger partial charge in [-0.05, 0) is 36.0 Å². The van der Waals surface area contributed by atoms with Crippen molar-refractivity contribution in [1.82, 2.24) is 9.38 Å². The number of carbonyl (C=O) groups is 1. The third kappa shape index (κ3) is 2.67. The van der Waals surface area contributed by atoms with E-state index in [2.05, 4.69) is 4.98 Å². The second-order valence-corrected chi connectivity index (χ2v) is 5.52. The molecule has 3 nitrogen and oxygen atoms in total. The van der Waals surface area contributed by atoms with Gasteiger partial charge < -0.3 is 0 Å². The zero-order valence-corrected chi connectivity index (χ0v) is 11.6. The van der Waals surface area contributed by atoms with Gasteiger partial charge in [-0.1, -0.05) is 24.3 Å². The van der Waals surface area contributed by atoms with Crippen LogP contribution in [-0.2, 0) is 0 Å². The Bertz CT molecular complexity index is 786. The van der Waals surface area contributed by atoms with E-state index in [1.54, 1.807) is 54.7 Å². The molecule has 0 aliphatic heterocycles. The van der Waals surface area contributed by atoms with Crippen LogP contribution in [0.4, 0.5) is 8.78 Å². The lowest BCUT2D eigenvalue weighted by atomic mass is 10.3. The zero-order chi connectivity index (χ0) is 14.9. The predicted molar refractivity (Wildman–Crippen MR) is 76.8 cm³/mol. The maximum absolute atomic E-state index is 14.2. The van der Waals surface area contributed by atoms with Crippen LogP contribution in [0.1, 0.15) is 10.5 Å². The van der Waals surface area contributed by atoms with Crippen molar-refractivity contribution in [3.8, 4) is 0 Å². The van der Waals surface area contributed by atoms with Crippen LogP contribution in [-0.4, -0.2) is 20.4 Å². The number of carbonyl (C=O) groups excluding carboxylic acids is 1. The molecule has 0 saturated heterocycles. The largest absolute Gasteiger partial charge is 0.361 e. The molecule has 0 aliphatic carbocycles. The highest BCUT2D eigenvalue weighted by Crippen LogP contribution is 2.38. The van der Waals surface area contributed by atoms with E-state index in [0.717, 1.165) is 0 Å². The molecule has 2 heterocycles. The molecule has 106 valence electrons. The van der Waals surface area contributed by atoms with Gasteiger partial charge in [-0.2, -0.15) is 8.78 Å². The van der Waals surface area contributed by atoms with Crippen LogP contribution in [0.3, 0.4) is 0 Å². The van der Waals surface area contributed by atoms with E-state index in [1.807, 2.05) is 0 Å². The first kappa shape index (κ1) is 13.8. The minimum Gasteiger partial charge on any atom is -0.297 e. The van der Waals surface area contributed by atoms with Gasteiger partial charge in [-0.25, -0.2) is 4.98 Å². The standard InChI is InChI=1S/C15H10F2N2OS/c16-15(17,21-11-6-2-1-3-7-11)14(20)12-10-18-13-8-4-5-9-19(12)13/h1-10H. The molecule has 0 fully saturated rings. The fourth-order valence-electron chi connectivity index (χ4n) is 1.93. The van der Waals surface area contributed by atoms with E-state index >= 15 is 0 Å². The Hall–Kier alpha value is -2.21. The fraction of sp³-hybridized carbons (Fsp3) is 0.0667. The van der Waals surface area contributed by atoms with E-state index in [9.17, 15) is 13.6 Å². The van der Waals surface area contributed by atoms with Crippen LogP contribution < -0.4 is 0 Å². The number of aromatic nitrogens is 2. The lowest BCUT2D eigenvalue weighted by Crippen LogP contribution is -2.25. The van der Waals surface area contributed by atoms with Gasteiger partial charge in [-0.15, -0.1) is 0 Å². The SMILES string of the molecule is O=C(c1cnc2ccccn12)C(F)(F)Sc1ccccc1. The molecule has 3 rings (SSSR count). The Labute approximate surface area is 123 Å². The number of Topliss-reactive ketones (excluding diaryl/α,β-unsaturated/α-hetero) is 1. The number of benzene rings is 1. The summed E-state index contributed by atoms with van der Waals surface area (Å²) in [6.07, 6.45) is 2.72. The summed E-state index contributed by atoms with van der Waals surface area (Å²) in [7, 11) is 0. The van der Waals surface area contributed by atoms with E-state index in [0.29, 0.717) is 10.5 Å². The molecule has 0 saturated carbocycles. The molecule has 0 unspecified atom stereocenters. The molecule has 3 aromatic rings. The minimum atomic E-state index is -3.55. The summed E-state index contributed by atoms with van der Waals surface area (Å²) in [6.45, 7) is 0. The second kappa shape index (κ2) is 5.29. The quantitative estimate of drug-likeness (QED) is 0.541. The van der Waals surface area contributed by atoms with Crippen molar-refractivity contribution < 1.29 is 13.6 Å². The van der Waals surface area contributed by atoms with E-state index in [4.69, 9.17) is 0 Å². The molecule has 21 heavy (non-hydrogen) atoms. The average molecular weight is 304 g/mol. The first-order chi connectivity index (χ1) is 10.1. The molecule has 0 radical (unpaired) electrons. The van der Waals surface area contributed by atoms with Gasteiger partial charge in [0.05, 0.1) is 6.20 Å². The van der Waals surface area contributed by atoms with Crippen molar-refractivity contribution >= 4 is 23.2 Å². The lowest BCUT2D eigenvalue weighted by molar-refractivity contribution is 0.0560. The van der Waals surface area contributed by atoms with Gasteiger partial charge >= 0.3 is 5.25 Å². The summed E-state index contributed by atoms with van der Waals surface area (Å²) >= 11 is 0.237. The van der Waals surface area contributed by atoms with Gasteiger partial charge in [0.1, 0.15) is 11.3 Å². The number of halogens is 2. The molecule has 0 N–H and O–H groups in total. The number of fused-ring (bicyclic) bond motifs is 1. The van der Waals surface area contributed by atoms with E-state index in [1.165, 1.54) is 10.6 Å². The van der Waals surface area contributed by atoms with Crippen LogP contribution in [0.15, 0.2) is 65.8 Å².